The smallest absolute Gasteiger partial charge is 0.416 e. The molecule has 1 atom stereocenters. The van der Waals surface area contributed by atoms with E-state index in [0.717, 1.165) is 61.6 Å². The van der Waals surface area contributed by atoms with Crippen molar-refractivity contribution in [2.45, 2.75) is 50.9 Å². The van der Waals surface area contributed by atoms with Gasteiger partial charge in [-0.3, -0.25) is 14.2 Å². The number of hydrogen-bond donors (Lipinski definition) is 0. The standard InChI is InChI=1S/C21H24F3N3O3/c1-26-17-7-3-6-15(17)19(27(26)12-14-5-4-10-30-14)25-20(28)16-11-13(21(22,23)24)8-9-18(16)29-2/h8-9,11,14H,3-7,10,12H2,1-2H3/b25-19+/t14-/m1/s1. The molecule has 4 rings (SSSR count). The number of fused-ring (bicyclic) bond motifs is 1. The van der Waals surface area contributed by atoms with Gasteiger partial charge in [0, 0.05) is 24.9 Å². The topological polar surface area (TPSA) is 57.8 Å². The number of halogens is 3. The first-order chi connectivity index (χ1) is 14.3. The lowest BCUT2D eigenvalue weighted by molar-refractivity contribution is -0.137. The van der Waals surface area contributed by atoms with Gasteiger partial charge in [-0.05, 0) is 50.3 Å². The van der Waals surface area contributed by atoms with Crippen LogP contribution in [0, 0.1) is 0 Å². The first-order valence-corrected chi connectivity index (χ1v) is 10.0. The van der Waals surface area contributed by atoms with Crippen LogP contribution < -0.4 is 10.2 Å². The average molecular weight is 423 g/mol. The van der Waals surface area contributed by atoms with Gasteiger partial charge >= 0.3 is 6.18 Å². The molecule has 9 heteroatoms. The number of ether oxygens (including phenoxy) is 2. The van der Waals surface area contributed by atoms with Crippen molar-refractivity contribution in [1.82, 2.24) is 9.36 Å². The SMILES string of the molecule is COc1ccc(C(F)(F)F)cc1C(=O)/N=c1\c2c(n(C)n1C[C@H]1CCCO1)CCC2. The minimum atomic E-state index is -4.56. The molecule has 1 amide bonds. The third-order valence-corrected chi connectivity index (χ3v) is 5.82. The van der Waals surface area contributed by atoms with Crippen molar-refractivity contribution in [3.8, 4) is 5.75 Å². The summed E-state index contributed by atoms with van der Waals surface area (Å²) in [7, 11) is 3.24. The molecule has 0 N–H and O–H groups in total. The van der Waals surface area contributed by atoms with E-state index in [-0.39, 0.29) is 17.4 Å². The highest BCUT2D eigenvalue weighted by atomic mass is 19.4. The molecular formula is C21H24F3N3O3. The quantitative estimate of drug-likeness (QED) is 0.759. The van der Waals surface area contributed by atoms with E-state index in [2.05, 4.69) is 4.99 Å². The Morgan fingerprint density at radius 3 is 2.77 bits per heavy atom. The van der Waals surface area contributed by atoms with E-state index in [1.165, 1.54) is 7.11 Å². The van der Waals surface area contributed by atoms with E-state index in [9.17, 15) is 18.0 Å². The summed E-state index contributed by atoms with van der Waals surface area (Å²) >= 11 is 0. The summed E-state index contributed by atoms with van der Waals surface area (Å²) in [4.78, 5) is 17.3. The van der Waals surface area contributed by atoms with Crippen LogP contribution >= 0.6 is 0 Å². The molecule has 6 nitrogen and oxygen atoms in total. The number of hydrogen-bond acceptors (Lipinski definition) is 3. The van der Waals surface area contributed by atoms with Gasteiger partial charge in [-0.25, -0.2) is 0 Å². The Bertz CT molecular complexity index is 1030. The maximum Gasteiger partial charge on any atom is 0.416 e. The highest BCUT2D eigenvalue weighted by Crippen LogP contribution is 2.33. The van der Waals surface area contributed by atoms with E-state index in [0.29, 0.717) is 18.6 Å². The van der Waals surface area contributed by atoms with Gasteiger partial charge in [-0.1, -0.05) is 0 Å². The van der Waals surface area contributed by atoms with Crippen LogP contribution in [0.4, 0.5) is 13.2 Å². The zero-order valence-electron chi connectivity index (χ0n) is 17.0. The van der Waals surface area contributed by atoms with Gasteiger partial charge in [0.25, 0.3) is 5.91 Å². The molecule has 30 heavy (non-hydrogen) atoms. The van der Waals surface area contributed by atoms with Gasteiger partial charge in [0.15, 0.2) is 5.49 Å². The maximum atomic E-state index is 13.2. The third-order valence-electron chi connectivity index (χ3n) is 5.82. The molecule has 1 aliphatic heterocycles. The molecular weight excluding hydrogens is 399 g/mol. The van der Waals surface area contributed by atoms with Gasteiger partial charge in [0.05, 0.1) is 30.9 Å². The molecule has 0 radical (unpaired) electrons. The minimum Gasteiger partial charge on any atom is -0.496 e. The lowest BCUT2D eigenvalue weighted by atomic mass is 10.1. The summed E-state index contributed by atoms with van der Waals surface area (Å²) in [5.41, 5.74) is 1.48. The van der Waals surface area contributed by atoms with Crippen molar-refractivity contribution in [2.24, 2.45) is 12.0 Å². The number of methoxy groups -OCH3 is 1. The number of carbonyl (C=O) groups is 1. The van der Waals surface area contributed by atoms with Crippen LogP contribution in [0.25, 0.3) is 0 Å². The summed E-state index contributed by atoms with van der Waals surface area (Å²) < 4.78 is 54.3. The van der Waals surface area contributed by atoms with E-state index in [1.807, 2.05) is 16.4 Å². The molecule has 1 aromatic heterocycles. The number of carbonyl (C=O) groups excluding carboxylic acids is 1. The lowest BCUT2D eigenvalue weighted by Gasteiger charge is -2.15. The van der Waals surface area contributed by atoms with Crippen LogP contribution in [0.15, 0.2) is 23.2 Å². The zero-order valence-corrected chi connectivity index (χ0v) is 17.0. The first-order valence-electron chi connectivity index (χ1n) is 10.0. The second-order valence-corrected chi connectivity index (χ2v) is 7.67. The normalized spacial score (nSPS) is 19.4. The van der Waals surface area contributed by atoms with Gasteiger partial charge in [-0.15, -0.1) is 0 Å². The fraction of sp³-hybridized carbons (Fsp3) is 0.524. The van der Waals surface area contributed by atoms with Crippen molar-refractivity contribution in [1.29, 1.82) is 0 Å². The fourth-order valence-corrected chi connectivity index (χ4v) is 4.29. The Labute approximate surface area is 171 Å². The van der Waals surface area contributed by atoms with E-state index >= 15 is 0 Å². The monoisotopic (exact) mass is 423 g/mol. The molecule has 2 aromatic rings. The van der Waals surface area contributed by atoms with Gasteiger partial charge < -0.3 is 9.47 Å². The van der Waals surface area contributed by atoms with Gasteiger partial charge in [-0.2, -0.15) is 18.2 Å². The maximum absolute atomic E-state index is 13.2. The molecule has 162 valence electrons. The molecule has 0 bridgehead atoms. The predicted molar refractivity (Wildman–Crippen MR) is 102 cm³/mol. The van der Waals surface area contributed by atoms with Gasteiger partial charge in [0.2, 0.25) is 0 Å². The van der Waals surface area contributed by atoms with E-state index in [1.54, 1.807) is 0 Å². The second-order valence-electron chi connectivity index (χ2n) is 7.67. The molecule has 0 spiro atoms. The van der Waals surface area contributed by atoms with Crippen molar-refractivity contribution >= 4 is 5.91 Å². The summed E-state index contributed by atoms with van der Waals surface area (Å²) in [6, 6.07) is 2.85. The Morgan fingerprint density at radius 2 is 2.10 bits per heavy atom. The summed E-state index contributed by atoms with van der Waals surface area (Å²) in [6.07, 6.45) is 0.0232. The number of rotatable bonds is 4. The molecule has 2 aliphatic rings. The molecule has 1 saturated heterocycles. The number of benzene rings is 1. The molecule has 0 unspecified atom stereocenters. The Balaban J connectivity index is 1.80. The van der Waals surface area contributed by atoms with E-state index in [4.69, 9.17) is 9.47 Å². The highest BCUT2D eigenvalue weighted by Gasteiger charge is 2.32. The van der Waals surface area contributed by atoms with Gasteiger partial charge in [0.1, 0.15) is 5.75 Å². The zero-order chi connectivity index (χ0) is 21.5. The van der Waals surface area contributed by atoms with Crippen LogP contribution in [0.5, 0.6) is 5.75 Å². The number of alkyl halides is 3. The highest BCUT2D eigenvalue weighted by molar-refractivity contribution is 5.97. The van der Waals surface area contributed by atoms with Crippen LogP contribution in [0.3, 0.4) is 0 Å². The van der Waals surface area contributed by atoms with E-state index < -0.39 is 17.6 Å². The van der Waals surface area contributed by atoms with Crippen LogP contribution in [-0.4, -0.2) is 35.1 Å². The second kappa shape index (κ2) is 7.94. The summed E-state index contributed by atoms with van der Waals surface area (Å²) in [6.45, 7) is 1.26. The fourth-order valence-electron chi connectivity index (χ4n) is 4.29. The molecule has 1 aromatic carbocycles. The van der Waals surface area contributed by atoms with Crippen molar-refractivity contribution in [3.05, 3.63) is 46.1 Å². The lowest BCUT2D eigenvalue weighted by Crippen LogP contribution is -2.31. The van der Waals surface area contributed by atoms with Crippen molar-refractivity contribution < 1.29 is 27.4 Å². The summed E-state index contributed by atoms with van der Waals surface area (Å²) in [5, 5.41) is 0. The number of aromatic nitrogens is 2. The third kappa shape index (κ3) is 3.78. The molecule has 0 saturated carbocycles. The predicted octanol–water partition coefficient (Wildman–Crippen LogP) is 3.26. The number of amides is 1. The Morgan fingerprint density at radius 1 is 1.30 bits per heavy atom. The van der Waals surface area contributed by atoms with Crippen molar-refractivity contribution in [2.75, 3.05) is 13.7 Å². The Kier molecular flexibility index (Phi) is 5.48. The van der Waals surface area contributed by atoms with Crippen LogP contribution in [-0.2, 0) is 37.3 Å². The minimum absolute atomic E-state index is 0.0378. The van der Waals surface area contributed by atoms with Crippen LogP contribution in [0.2, 0.25) is 0 Å². The Hall–Kier alpha value is -2.55. The average Bonchev–Trinajstić information content (AvgIpc) is 3.44. The first kappa shape index (κ1) is 20.7. The van der Waals surface area contributed by atoms with Crippen molar-refractivity contribution in [3.63, 3.8) is 0 Å². The summed E-state index contributed by atoms with van der Waals surface area (Å²) in [5.74, 6) is -0.686. The largest absolute Gasteiger partial charge is 0.496 e. The molecule has 1 fully saturated rings. The molecule has 1 aliphatic carbocycles. The molecule has 2 heterocycles. The number of nitrogens with zero attached hydrogens (tertiary/aromatic N) is 3. The van der Waals surface area contributed by atoms with Crippen LogP contribution in [0.1, 0.15) is 46.4 Å².